The van der Waals surface area contributed by atoms with Crippen LogP contribution < -0.4 is 5.32 Å². The van der Waals surface area contributed by atoms with E-state index < -0.39 is 0 Å². The molecule has 3 rings (SSSR count). The first-order valence-electron chi connectivity index (χ1n) is 6.44. The molecule has 1 unspecified atom stereocenters. The molecule has 0 saturated carbocycles. The third-order valence-electron chi connectivity index (χ3n) is 3.85. The Labute approximate surface area is 122 Å². The monoisotopic (exact) mass is 288 g/mol. The fourth-order valence-electron chi connectivity index (χ4n) is 2.93. The van der Waals surface area contributed by atoms with Crippen LogP contribution in [0, 0.1) is 0 Å². The van der Waals surface area contributed by atoms with Gasteiger partial charge in [-0.25, -0.2) is 0 Å². The molecule has 1 saturated heterocycles. The molecule has 2 aliphatic rings. The topological polar surface area (TPSA) is 15.3 Å². The third kappa shape index (κ3) is 3.61. The van der Waals surface area contributed by atoms with Crippen LogP contribution >= 0.6 is 24.8 Å². The lowest BCUT2D eigenvalue weighted by Crippen LogP contribution is -2.40. The highest BCUT2D eigenvalue weighted by Crippen LogP contribution is 2.19. The lowest BCUT2D eigenvalue weighted by Gasteiger charge is -2.30. The summed E-state index contributed by atoms with van der Waals surface area (Å²) in [4.78, 5) is 2.60. The molecule has 1 aromatic rings. The molecular formula is C14H22Cl2N2. The van der Waals surface area contributed by atoms with Crippen LogP contribution in [0.15, 0.2) is 24.3 Å². The molecule has 102 valence electrons. The van der Waals surface area contributed by atoms with Gasteiger partial charge in [-0.15, -0.1) is 24.8 Å². The lowest BCUT2D eigenvalue weighted by molar-refractivity contribution is 0.231. The van der Waals surface area contributed by atoms with Gasteiger partial charge in [-0.05, 0) is 36.9 Å². The van der Waals surface area contributed by atoms with Crippen molar-refractivity contribution in [3.63, 3.8) is 0 Å². The van der Waals surface area contributed by atoms with Gasteiger partial charge in [-0.1, -0.05) is 24.3 Å². The van der Waals surface area contributed by atoms with Gasteiger partial charge in [0.1, 0.15) is 0 Å². The van der Waals surface area contributed by atoms with Gasteiger partial charge in [0.25, 0.3) is 0 Å². The highest BCUT2D eigenvalue weighted by molar-refractivity contribution is 5.85. The molecular weight excluding hydrogens is 267 g/mol. The molecule has 0 amide bonds. The van der Waals surface area contributed by atoms with Gasteiger partial charge in [0, 0.05) is 25.7 Å². The second-order valence-electron chi connectivity index (χ2n) is 5.05. The third-order valence-corrected chi connectivity index (χ3v) is 3.85. The molecule has 1 fully saturated rings. The average molecular weight is 289 g/mol. The van der Waals surface area contributed by atoms with Gasteiger partial charge in [0.15, 0.2) is 0 Å². The highest BCUT2D eigenvalue weighted by Gasteiger charge is 2.21. The minimum atomic E-state index is 0. The number of rotatable bonds is 2. The van der Waals surface area contributed by atoms with Crippen LogP contribution in [0.5, 0.6) is 0 Å². The summed E-state index contributed by atoms with van der Waals surface area (Å²) in [6, 6.07) is 9.62. The highest BCUT2D eigenvalue weighted by atomic mass is 35.5. The lowest BCUT2D eigenvalue weighted by atomic mass is 9.99. The fourth-order valence-corrected chi connectivity index (χ4v) is 2.93. The van der Waals surface area contributed by atoms with E-state index in [1.807, 2.05) is 0 Å². The van der Waals surface area contributed by atoms with E-state index in [9.17, 15) is 0 Å². The van der Waals surface area contributed by atoms with E-state index >= 15 is 0 Å². The van der Waals surface area contributed by atoms with Gasteiger partial charge in [0.05, 0.1) is 0 Å². The zero-order valence-electron chi connectivity index (χ0n) is 10.6. The van der Waals surface area contributed by atoms with Gasteiger partial charge >= 0.3 is 0 Å². The molecule has 2 aliphatic heterocycles. The molecule has 0 spiro atoms. The number of hydrogen-bond donors (Lipinski definition) is 1. The maximum atomic E-state index is 3.59. The van der Waals surface area contributed by atoms with Crippen LogP contribution in [0.4, 0.5) is 0 Å². The van der Waals surface area contributed by atoms with Crippen LogP contribution in [0.1, 0.15) is 24.0 Å². The van der Waals surface area contributed by atoms with Crippen molar-refractivity contribution >= 4 is 24.8 Å². The van der Waals surface area contributed by atoms with E-state index in [0.29, 0.717) is 0 Å². The SMILES string of the molecule is Cl.Cl.c1ccc2c(c1)CCN(CC1CCCN1)C2. The van der Waals surface area contributed by atoms with Crippen LogP contribution in [0.2, 0.25) is 0 Å². The van der Waals surface area contributed by atoms with Gasteiger partial charge < -0.3 is 5.32 Å². The molecule has 1 N–H and O–H groups in total. The Bertz CT molecular complexity index is 365. The average Bonchev–Trinajstić information content (AvgIpc) is 2.82. The van der Waals surface area contributed by atoms with E-state index in [1.54, 1.807) is 5.56 Å². The summed E-state index contributed by atoms with van der Waals surface area (Å²) < 4.78 is 0. The number of fused-ring (bicyclic) bond motifs is 1. The molecule has 2 nitrogen and oxygen atoms in total. The van der Waals surface area contributed by atoms with Crippen molar-refractivity contribution in [3.8, 4) is 0 Å². The Balaban J connectivity index is 0.000000810. The summed E-state index contributed by atoms with van der Waals surface area (Å²) >= 11 is 0. The Morgan fingerprint density at radius 1 is 1.17 bits per heavy atom. The number of nitrogens with one attached hydrogen (secondary N) is 1. The fraction of sp³-hybridized carbons (Fsp3) is 0.571. The maximum Gasteiger partial charge on any atom is 0.0237 e. The van der Waals surface area contributed by atoms with E-state index in [1.165, 1.54) is 44.5 Å². The van der Waals surface area contributed by atoms with Gasteiger partial charge in [0.2, 0.25) is 0 Å². The van der Waals surface area contributed by atoms with Crippen molar-refractivity contribution in [1.29, 1.82) is 0 Å². The van der Waals surface area contributed by atoms with E-state index in [-0.39, 0.29) is 24.8 Å². The van der Waals surface area contributed by atoms with Crippen molar-refractivity contribution in [3.05, 3.63) is 35.4 Å². The van der Waals surface area contributed by atoms with E-state index in [0.717, 1.165) is 12.6 Å². The maximum absolute atomic E-state index is 3.59. The second-order valence-corrected chi connectivity index (χ2v) is 5.05. The largest absolute Gasteiger partial charge is 0.313 e. The van der Waals surface area contributed by atoms with Crippen molar-refractivity contribution in [2.45, 2.75) is 31.8 Å². The van der Waals surface area contributed by atoms with Crippen LogP contribution in [-0.2, 0) is 13.0 Å². The minimum absolute atomic E-state index is 0. The molecule has 0 aliphatic carbocycles. The normalized spacial score (nSPS) is 22.8. The van der Waals surface area contributed by atoms with Crippen LogP contribution in [0.25, 0.3) is 0 Å². The Morgan fingerprint density at radius 3 is 2.67 bits per heavy atom. The van der Waals surface area contributed by atoms with Gasteiger partial charge in [-0.2, -0.15) is 0 Å². The van der Waals surface area contributed by atoms with Crippen LogP contribution in [-0.4, -0.2) is 30.6 Å². The van der Waals surface area contributed by atoms with Crippen molar-refractivity contribution in [2.24, 2.45) is 0 Å². The molecule has 0 radical (unpaired) electrons. The minimum Gasteiger partial charge on any atom is -0.313 e. The standard InChI is InChI=1S/C14H20N2.2ClH/c1-2-5-13-10-16(9-7-12(13)4-1)11-14-6-3-8-15-14;;/h1-2,4-5,14-15H,3,6-11H2;2*1H. The summed E-state index contributed by atoms with van der Waals surface area (Å²) in [6.07, 6.45) is 3.94. The van der Waals surface area contributed by atoms with Crippen molar-refractivity contribution in [2.75, 3.05) is 19.6 Å². The quantitative estimate of drug-likeness (QED) is 0.900. The van der Waals surface area contributed by atoms with E-state index in [4.69, 9.17) is 0 Å². The summed E-state index contributed by atoms with van der Waals surface area (Å²) in [7, 11) is 0. The first-order chi connectivity index (χ1) is 7.92. The summed E-state index contributed by atoms with van der Waals surface area (Å²) in [5.41, 5.74) is 3.09. The van der Waals surface area contributed by atoms with E-state index in [2.05, 4.69) is 34.5 Å². The number of nitrogens with zero attached hydrogens (tertiary/aromatic N) is 1. The summed E-state index contributed by atoms with van der Waals surface area (Å²) in [5.74, 6) is 0. The van der Waals surface area contributed by atoms with Crippen molar-refractivity contribution in [1.82, 2.24) is 10.2 Å². The molecule has 4 heteroatoms. The predicted octanol–water partition coefficient (Wildman–Crippen LogP) is 2.64. The molecule has 1 atom stereocenters. The zero-order chi connectivity index (χ0) is 10.8. The smallest absolute Gasteiger partial charge is 0.0237 e. The Kier molecular flexibility index (Phi) is 6.44. The summed E-state index contributed by atoms with van der Waals surface area (Å²) in [6.45, 7) is 4.83. The second kappa shape index (κ2) is 7.34. The van der Waals surface area contributed by atoms with Crippen molar-refractivity contribution < 1.29 is 0 Å². The first-order valence-corrected chi connectivity index (χ1v) is 6.44. The number of benzene rings is 1. The summed E-state index contributed by atoms with van der Waals surface area (Å²) in [5, 5.41) is 3.59. The van der Waals surface area contributed by atoms with Crippen LogP contribution in [0.3, 0.4) is 0 Å². The molecule has 0 bridgehead atoms. The number of hydrogen-bond acceptors (Lipinski definition) is 2. The molecule has 18 heavy (non-hydrogen) atoms. The predicted molar refractivity (Wildman–Crippen MR) is 80.9 cm³/mol. The molecule has 1 aromatic carbocycles. The Morgan fingerprint density at radius 2 is 1.94 bits per heavy atom. The number of halogens is 2. The molecule has 2 heterocycles. The molecule has 0 aromatic heterocycles. The first kappa shape index (κ1) is 15.8. The zero-order valence-corrected chi connectivity index (χ0v) is 12.2. The van der Waals surface area contributed by atoms with Gasteiger partial charge in [-0.3, -0.25) is 4.90 Å². The Hall–Kier alpha value is -0.280.